The molecule has 0 aromatic carbocycles. The lowest BCUT2D eigenvalue weighted by atomic mass is 9.81. The molecule has 1 heterocycles. The van der Waals surface area contributed by atoms with E-state index in [1.54, 1.807) is 0 Å². The molecule has 2 nitrogen and oxygen atoms in total. The Morgan fingerprint density at radius 2 is 2.16 bits per heavy atom. The smallest absolute Gasteiger partial charge is 0.0900 e. The molecule has 2 rings (SSSR count). The monoisotopic (exact) mass is 280 g/mol. The van der Waals surface area contributed by atoms with Crippen LogP contribution in [0.4, 0.5) is 0 Å². The van der Waals surface area contributed by atoms with Gasteiger partial charge in [-0.25, -0.2) is 4.98 Å². The van der Waals surface area contributed by atoms with E-state index in [2.05, 4.69) is 38.0 Å². The van der Waals surface area contributed by atoms with Gasteiger partial charge in [0.1, 0.15) is 0 Å². The van der Waals surface area contributed by atoms with Crippen LogP contribution in [0.5, 0.6) is 0 Å². The van der Waals surface area contributed by atoms with E-state index in [9.17, 15) is 0 Å². The topological polar surface area (TPSA) is 24.9 Å². The number of hydrogen-bond acceptors (Lipinski definition) is 3. The van der Waals surface area contributed by atoms with E-state index >= 15 is 0 Å². The van der Waals surface area contributed by atoms with Crippen molar-refractivity contribution < 1.29 is 0 Å². The molecule has 0 saturated heterocycles. The number of rotatable bonds is 5. The van der Waals surface area contributed by atoms with Crippen molar-refractivity contribution in [1.29, 1.82) is 0 Å². The molecule has 3 unspecified atom stereocenters. The number of aromatic nitrogens is 1. The van der Waals surface area contributed by atoms with Crippen LogP contribution >= 0.6 is 11.3 Å². The first-order valence-corrected chi connectivity index (χ1v) is 8.55. The van der Waals surface area contributed by atoms with Gasteiger partial charge < -0.3 is 5.32 Å². The van der Waals surface area contributed by atoms with Crippen molar-refractivity contribution >= 4 is 11.3 Å². The molecule has 3 heteroatoms. The molecular weight excluding hydrogens is 252 g/mol. The normalized spacial score (nSPS) is 25.5. The summed E-state index contributed by atoms with van der Waals surface area (Å²) in [6, 6.07) is 0.451. The maximum Gasteiger partial charge on any atom is 0.0900 e. The summed E-state index contributed by atoms with van der Waals surface area (Å²) in [4.78, 5) is 5.93. The van der Waals surface area contributed by atoms with E-state index in [1.807, 2.05) is 11.3 Å². The maximum atomic E-state index is 4.52. The van der Waals surface area contributed by atoms with Crippen LogP contribution in [0.1, 0.15) is 67.6 Å². The van der Waals surface area contributed by atoms with Gasteiger partial charge in [0.05, 0.1) is 10.7 Å². The van der Waals surface area contributed by atoms with Gasteiger partial charge in [0, 0.05) is 10.9 Å². The number of thiazole rings is 1. The fourth-order valence-corrected chi connectivity index (χ4v) is 4.32. The molecule has 1 saturated carbocycles. The standard InChI is InChI=1S/C16H28N2S/c1-11-6-5-7-15(10-11)8-9-17-12(2)16-13(3)18-14(4)19-16/h11-12,15,17H,5-10H2,1-4H3. The van der Waals surface area contributed by atoms with Gasteiger partial charge in [0.2, 0.25) is 0 Å². The molecule has 1 aromatic heterocycles. The predicted molar refractivity (Wildman–Crippen MR) is 83.7 cm³/mol. The lowest BCUT2D eigenvalue weighted by Gasteiger charge is -2.27. The molecule has 3 atom stereocenters. The van der Waals surface area contributed by atoms with Crippen LogP contribution in [-0.2, 0) is 0 Å². The quantitative estimate of drug-likeness (QED) is 0.851. The number of nitrogens with zero attached hydrogens (tertiary/aromatic N) is 1. The van der Waals surface area contributed by atoms with E-state index in [0.717, 1.165) is 18.4 Å². The molecule has 1 N–H and O–H groups in total. The second-order valence-corrected chi connectivity index (χ2v) is 7.52. The first kappa shape index (κ1) is 15.0. The summed E-state index contributed by atoms with van der Waals surface area (Å²) in [5.74, 6) is 1.90. The number of aryl methyl sites for hydroxylation is 2. The van der Waals surface area contributed by atoms with Gasteiger partial charge in [-0.3, -0.25) is 0 Å². The second-order valence-electron chi connectivity index (χ2n) is 6.28. The summed E-state index contributed by atoms with van der Waals surface area (Å²) < 4.78 is 0. The first-order chi connectivity index (χ1) is 9.06. The third-order valence-electron chi connectivity index (χ3n) is 4.38. The Bertz CT molecular complexity index is 399. The molecule has 0 radical (unpaired) electrons. The first-order valence-electron chi connectivity index (χ1n) is 7.73. The zero-order valence-corrected chi connectivity index (χ0v) is 13.6. The molecule has 19 heavy (non-hydrogen) atoms. The van der Waals surface area contributed by atoms with Crippen molar-refractivity contribution in [3.63, 3.8) is 0 Å². The average Bonchev–Trinajstić information content (AvgIpc) is 2.68. The molecule has 1 aromatic rings. The van der Waals surface area contributed by atoms with Crippen LogP contribution in [-0.4, -0.2) is 11.5 Å². The van der Waals surface area contributed by atoms with E-state index in [-0.39, 0.29) is 0 Å². The van der Waals surface area contributed by atoms with Gasteiger partial charge in [0.25, 0.3) is 0 Å². The summed E-state index contributed by atoms with van der Waals surface area (Å²) >= 11 is 1.84. The Balaban J connectivity index is 1.74. The second kappa shape index (κ2) is 6.85. The van der Waals surface area contributed by atoms with Crippen LogP contribution in [0.2, 0.25) is 0 Å². The van der Waals surface area contributed by atoms with Crippen LogP contribution in [0.25, 0.3) is 0 Å². The van der Waals surface area contributed by atoms with Crippen molar-refractivity contribution in [2.75, 3.05) is 6.54 Å². The third-order valence-corrected chi connectivity index (χ3v) is 5.64. The molecule has 0 amide bonds. The summed E-state index contributed by atoms with van der Waals surface area (Å²) in [5, 5.41) is 4.87. The van der Waals surface area contributed by atoms with Gasteiger partial charge in [-0.15, -0.1) is 11.3 Å². The van der Waals surface area contributed by atoms with Crippen molar-refractivity contribution in [2.24, 2.45) is 11.8 Å². The average molecular weight is 280 g/mol. The van der Waals surface area contributed by atoms with E-state index < -0.39 is 0 Å². The van der Waals surface area contributed by atoms with Crippen LogP contribution < -0.4 is 5.32 Å². The molecule has 1 aliphatic carbocycles. The fourth-order valence-electron chi connectivity index (χ4n) is 3.37. The van der Waals surface area contributed by atoms with E-state index in [1.165, 1.54) is 47.7 Å². The highest BCUT2D eigenvalue weighted by atomic mass is 32.1. The van der Waals surface area contributed by atoms with Crippen molar-refractivity contribution in [2.45, 2.75) is 65.8 Å². The Labute approximate surface area is 122 Å². The van der Waals surface area contributed by atoms with Gasteiger partial charge in [-0.05, 0) is 52.0 Å². The van der Waals surface area contributed by atoms with Gasteiger partial charge in [-0.1, -0.05) is 26.2 Å². The molecular formula is C16H28N2S. The van der Waals surface area contributed by atoms with Crippen molar-refractivity contribution in [3.05, 3.63) is 15.6 Å². The summed E-state index contributed by atoms with van der Waals surface area (Å²) in [7, 11) is 0. The van der Waals surface area contributed by atoms with Crippen LogP contribution in [0.3, 0.4) is 0 Å². The molecule has 108 valence electrons. The Morgan fingerprint density at radius 3 is 2.79 bits per heavy atom. The number of nitrogens with one attached hydrogen (secondary N) is 1. The van der Waals surface area contributed by atoms with Gasteiger partial charge in [-0.2, -0.15) is 0 Å². The summed E-state index contributed by atoms with van der Waals surface area (Å²) in [6.45, 7) is 10.0. The Morgan fingerprint density at radius 1 is 1.37 bits per heavy atom. The van der Waals surface area contributed by atoms with Crippen LogP contribution in [0, 0.1) is 25.7 Å². The highest BCUT2D eigenvalue weighted by molar-refractivity contribution is 7.11. The Kier molecular flexibility index (Phi) is 5.40. The minimum Gasteiger partial charge on any atom is -0.309 e. The van der Waals surface area contributed by atoms with Gasteiger partial charge >= 0.3 is 0 Å². The van der Waals surface area contributed by atoms with E-state index in [4.69, 9.17) is 0 Å². The molecule has 1 fully saturated rings. The molecule has 0 aliphatic heterocycles. The van der Waals surface area contributed by atoms with E-state index in [0.29, 0.717) is 6.04 Å². The van der Waals surface area contributed by atoms with Crippen molar-refractivity contribution in [1.82, 2.24) is 10.3 Å². The predicted octanol–water partition coefficient (Wildman–Crippen LogP) is 4.63. The molecule has 1 aliphatic rings. The highest BCUT2D eigenvalue weighted by Gasteiger charge is 2.19. The fraction of sp³-hybridized carbons (Fsp3) is 0.812. The molecule has 0 bridgehead atoms. The SMILES string of the molecule is Cc1nc(C)c(C(C)NCCC2CCCC(C)C2)s1. The zero-order chi connectivity index (χ0) is 13.8. The lowest BCUT2D eigenvalue weighted by molar-refractivity contribution is 0.265. The summed E-state index contributed by atoms with van der Waals surface area (Å²) in [5.41, 5.74) is 1.20. The van der Waals surface area contributed by atoms with Gasteiger partial charge in [0.15, 0.2) is 0 Å². The van der Waals surface area contributed by atoms with Crippen molar-refractivity contribution in [3.8, 4) is 0 Å². The maximum absolute atomic E-state index is 4.52. The minimum atomic E-state index is 0.451. The molecule has 0 spiro atoms. The van der Waals surface area contributed by atoms with Crippen LogP contribution in [0.15, 0.2) is 0 Å². The lowest BCUT2D eigenvalue weighted by Crippen LogP contribution is -2.23. The highest BCUT2D eigenvalue weighted by Crippen LogP contribution is 2.30. The summed E-state index contributed by atoms with van der Waals surface area (Å²) in [6.07, 6.45) is 7.10. The third kappa shape index (κ3) is 4.28. The largest absolute Gasteiger partial charge is 0.309 e. The number of hydrogen-bond donors (Lipinski definition) is 1. The minimum absolute atomic E-state index is 0.451. The Hall–Kier alpha value is -0.410. The zero-order valence-electron chi connectivity index (χ0n) is 12.8.